The third kappa shape index (κ3) is 5.99. The van der Waals surface area contributed by atoms with Crippen LogP contribution in [0.4, 0.5) is 26.3 Å². The van der Waals surface area contributed by atoms with Crippen molar-refractivity contribution in [3.05, 3.63) is 65.2 Å². The summed E-state index contributed by atoms with van der Waals surface area (Å²) < 4.78 is 90.6. The summed E-state index contributed by atoms with van der Waals surface area (Å²) in [7, 11) is 1.55. The second kappa shape index (κ2) is 10.3. The summed E-state index contributed by atoms with van der Waals surface area (Å²) in [5.41, 5.74) is -2.01. The van der Waals surface area contributed by atoms with Crippen molar-refractivity contribution in [1.82, 2.24) is 5.32 Å². The van der Waals surface area contributed by atoms with Gasteiger partial charge in [-0.05, 0) is 58.3 Å². The van der Waals surface area contributed by atoms with Crippen LogP contribution in [0.25, 0.3) is 21.9 Å². The number of hydrogen-bond acceptors (Lipinski definition) is 4. The second-order valence-electron chi connectivity index (χ2n) is 7.70. The molecule has 1 aliphatic heterocycles. The van der Waals surface area contributed by atoms with Crippen LogP contribution in [0.1, 0.15) is 16.7 Å². The summed E-state index contributed by atoms with van der Waals surface area (Å²) in [6.45, 7) is 1.89. The van der Waals surface area contributed by atoms with Crippen LogP contribution in [-0.4, -0.2) is 39.2 Å². The minimum absolute atomic E-state index is 0. The van der Waals surface area contributed by atoms with E-state index >= 15 is 0 Å². The molecule has 11 heteroatoms. The minimum atomic E-state index is -4.92. The van der Waals surface area contributed by atoms with Crippen molar-refractivity contribution in [3.63, 3.8) is 0 Å². The van der Waals surface area contributed by atoms with Crippen molar-refractivity contribution < 1.29 is 35.8 Å². The van der Waals surface area contributed by atoms with Gasteiger partial charge in [-0.25, -0.2) is 0 Å². The van der Waals surface area contributed by atoms with E-state index in [9.17, 15) is 26.3 Å². The molecule has 0 aliphatic carbocycles. The van der Waals surface area contributed by atoms with Crippen LogP contribution in [-0.2, 0) is 17.1 Å². The van der Waals surface area contributed by atoms with Gasteiger partial charge in [0.05, 0.1) is 29.8 Å². The van der Waals surface area contributed by atoms with E-state index in [2.05, 4.69) is 10.3 Å². The molecule has 0 atom stereocenters. The molecule has 0 saturated heterocycles. The normalized spacial score (nSPS) is 13.9. The Labute approximate surface area is 203 Å². The molecule has 3 aromatic rings. The summed E-state index contributed by atoms with van der Waals surface area (Å²) in [6.07, 6.45) is -9.83. The summed E-state index contributed by atoms with van der Waals surface area (Å²) in [5, 5.41) is 4.48. The molecule has 0 saturated carbocycles. The molecule has 4 rings (SSSR count). The van der Waals surface area contributed by atoms with Crippen LogP contribution >= 0.6 is 12.4 Å². The molecule has 0 amide bonds. The van der Waals surface area contributed by atoms with Gasteiger partial charge >= 0.3 is 12.4 Å². The van der Waals surface area contributed by atoms with E-state index in [-0.39, 0.29) is 29.6 Å². The van der Waals surface area contributed by atoms with Gasteiger partial charge in [-0.3, -0.25) is 4.99 Å². The van der Waals surface area contributed by atoms with Crippen LogP contribution in [0.3, 0.4) is 0 Å². The number of fused-ring (bicyclic) bond motifs is 1. The van der Waals surface area contributed by atoms with E-state index < -0.39 is 23.5 Å². The van der Waals surface area contributed by atoms with Gasteiger partial charge in [0.2, 0.25) is 0 Å². The van der Waals surface area contributed by atoms with Gasteiger partial charge in [-0.1, -0.05) is 12.1 Å². The number of ether oxygens (including phenoxy) is 2. The lowest BCUT2D eigenvalue weighted by atomic mass is 9.96. The Morgan fingerprint density at radius 1 is 0.829 bits per heavy atom. The maximum Gasteiger partial charge on any atom is 0.416 e. The van der Waals surface area contributed by atoms with E-state index in [1.54, 1.807) is 31.4 Å². The molecule has 0 fully saturated rings. The number of hydrogen-bond donors (Lipinski definition) is 1. The standard InChI is InChI=1S/C24H20F6N2O2.ClH/c1-33-6-7-34-21-12-15-3-2-14(8-16(15)11-20(21)22-31-4-5-32-22)17-9-18(23(25,26)27)13-19(10-17)24(28,29)30;/h2-3,8-13H,4-7H2,1H3,(H,31,32);1H. The highest BCUT2D eigenvalue weighted by Gasteiger charge is 2.37. The van der Waals surface area contributed by atoms with Crippen LogP contribution < -0.4 is 10.1 Å². The highest BCUT2D eigenvalue weighted by atomic mass is 35.5. The van der Waals surface area contributed by atoms with Crippen molar-refractivity contribution in [2.45, 2.75) is 12.4 Å². The van der Waals surface area contributed by atoms with Gasteiger partial charge in [-0.2, -0.15) is 26.3 Å². The first-order chi connectivity index (χ1) is 16.1. The first kappa shape index (κ1) is 26.6. The Morgan fingerprint density at radius 3 is 2.09 bits per heavy atom. The zero-order chi connectivity index (χ0) is 24.5. The fourth-order valence-electron chi connectivity index (χ4n) is 3.70. The fraction of sp³-hybridized carbons (Fsp3) is 0.292. The molecule has 35 heavy (non-hydrogen) atoms. The predicted molar refractivity (Wildman–Crippen MR) is 123 cm³/mol. The molecule has 0 aromatic heterocycles. The minimum Gasteiger partial charge on any atom is -0.490 e. The Bertz CT molecular complexity index is 1210. The predicted octanol–water partition coefficient (Wildman–Crippen LogP) is 6.34. The van der Waals surface area contributed by atoms with Gasteiger partial charge in [0.15, 0.2) is 0 Å². The molecule has 0 bridgehead atoms. The molecule has 1 heterocycles. The average molecular weight is 519 g/mol. The fourth-order valence-corrected chi connectivity index (χ4v) is 3.70. The quantitative estimate of drug-likeness (QED) is 0.306. The lowest BCUT2D eigenvalue weighted by Crippen LogP contribution is -2.20. The van der Waals surface area contributed by atoms with Crippen molar-refractivity contribution >= 4 is 29.0 Å². The summed E-state index contributed by atoms with van der Waals surface area (Å²) in [4.78, 5) is 4.40. The number of benzene rings is 3. The Morgan fingerprint density at radius 2 is 1.51 bits per heavy atom. The zero-order valence-electron chi connectivity index (χ0n) is 18.4. The van der Waals surface area contributed by atoms with E-state index in [4.69, 9.17) is 9.47 Å². The van der Waals surface area contributed by atoms with Crippen molar-refractivity contribution in [2.24, 2.45) is 4.99 Å². The highest BCUT2D eigenvalue weighted by Crippen LogP contribution is 2.39. The van der Waals surface area contributed by atoms with Crippen LogP contribution in [0.2, 0.25) is 0 Å². The first-order valence-corrected chi connectivity index (χ1v) is 10.3. The Hall–Kier alpha value is -2.98. The monoisotopic (exact) mass is 518 g/mol. The molecule has 1 N–H and O–H groups in total. The summed E-state index contributed by atoms with van der Waals surface area (Å²) >= 11 is 0. The largest absolute Gasteiger partial charge is 0.490 e. The highest BCUT2D eigenvalue weighted by molar-refractivity contribution is 6.06. The number of halogens is 7. The number of alkyl halides is 6. The van der Waals surface area contributed by atoms with Crippen LogP contribution in [0.15, 0.2) is 53.5 Å². The topological polar surface area (TPSA) is 42.9 Å². The third-order valence-corrected chi connectivity index (χ3v) is 5.33. The van der Waals surface area contributed by atoms with E-state index in [1.165, 1.54) is 6.07 Å². The molecule has 0 spiro atoms. The Balaban J connectivity index is 0.00000342. The SMILES string of the molecule is COCCOc1cc2ccc(-c3cc(C(F)(F)F)cc(C(F)(F)F)c3)cc2cc1C1=NCCN1.Cl. The smallest absolute Gasteiger partial charge is 0.416 e. The summed E-state index contributed by atoms with van der Waals surface area (Å²) in [5.74, 6) is 1.15. The molecule has 188 valence electrons. The number of rotatable bonds is 6. The van der Waals surface area contributed by atoms with Gasteiger partial charge < -0.3 is 14.8 Å². The molecule has 4 nitrogen and oxygen atoms in total. The lowest BCUT2D eigenvalue weighted by Gasteiger charge is -2.16. The maximum atomic E-state index is 13.3. The number of methoxy groups -OCH3 is 1. The zero-order valence-corrected chi connectivity index (χ0v) is 19.2. The van der Waals surface area contributed by atoms with Gasteiger partial charge in [0, 0.05) is 13.7 Å². The second-order valence-corrected chi connectivity index (χ2v) is 7.70. The number of nitrogens with zero attached hydrogens (tertiary/aromatic N) is 1. The van der Waals surface area contributed by atoms with Gasteiger partial charge in [-0.15, -0.1) is 12.4 Å². The van der Waals surface area contributed by atoms with Crippen LogP contribution in [0, 0.1) is 0 Å². The van der Waals surface area contributed by atoms with Crippen molar-refractivity contribution in [3.8, 4) is 16.9 Å². The first-order valence-electron chi connectivity index (χ1n) is 10.3. The Kier molecular flexibility index (Phi) is 7.86. The van der Waals surface area contributed by atoms with Crippen LogP contribution in [0.5, 0.6) is 5.75 Å². The van der Waals surface area contributed by atoms with Gasteiger partial charge in [0.1, 0.15) is 18.2 Å². The maximum absolute atomic E-state index is 13.3. The molecule has 0 radical (unpaired) electrons. The molecular formula is C24H21ClF6N2O2. The molecular weight excluding hydrogens is 498 g/mol. The van der Waals surface area contributed by atoms with E-state index in [0.717, 1.165) is 12.1 Å². The van der Waals surface area contributed by atoms with Crippen molar-refractivity contribution in [1.29, 1.82) is 0 Å². The molecule has 0 unspecified atom stereocenters. The van der Waals surface area contributed by atoms with Crippen molar-refractivity contribution in [2.75, 3.05) is 33.4 Å². The number of nitrogens with one attached hydrogen (secondary N) is 1. The van der Waals surface area contributed by atoms with Gasteiger partial charge in [0.25, 0.3) is 0 Å². The molecule has 3 aromatic carbocycles. The van der Waals surface area contributed by atoms with E-state index in [0.29, 0.717) is 54.2 Å². The average Bonchev–Trinajstić information content (AvgIpc) is 3.32. The van der Waals surface area contributed by atoms with E-state index in [1.807, 2.05) is 0 Å². The molecule has 1 aliphatic rings. The number of aliphatic imine (C=N–C) groups is 1. The third-order valence-electron chi connectivity index (χ3n) is 5.33. The lowest BCUT2D eigenvalue weighted by molar-refractivity contribution is -0.143. The summed E-state index contributed by atoms with van der Waals surface area (Å²) in [6, 6.07) is 9.77. The number of amidine groups is 1.